The quantitative estimate of drug-likeness (QED) is 0.548. The van der Waals surface area contributed by atoms with Gasteiger partial charge in [0.15, 0.2) is 5.58 Å². The predicted octanol–water partition coefficient (Wildman–Crippen LogP) is 4.42. The number of ether oxygens (including phenoxy) is 1. The molecule has 7 nitrogen and oxygen atoms in total. The van der Waals surface area contributed by atoms with Gasteiger partial charge in [-0.05, 0) is 42.5 Å². The van der Waals surface area contributed by atoms with E-state index in [0.29, 0.717) is 28.7 Å². The molecule has 0 atom stereocenters. The van der Waals surface area contributed by atoms with E-state index in [1.54, 1.807) is 37.6 Å². The number of amides is 2. The van der Waals surface area contributed by atoms with Gasteiger partial charge in [-0.3, -0.25) is 0 Å². The molecule has 2 amide bonds. The van der Waals surface area contributed by atoms with Gasteiger partial charge in [0.25, 0.3) is 0 Å². The molecule has 2 heterocycles. The maximum Gasteiger partial charge on any atom is 0.319 e. The number of carbonyl (C=O) groups excluding carboxylic acids is 1. The van der Waals surface area contributed by atoms with Crippen molar-refractivity contribution in [3.8, 4) is 17.2 Å². The van der Waals surface area contributed by atoms with Crippen molar-refractivity contribution in [2.75, 3.05) is 12.4 Å². The van der Waals surface area contributed by atoms with E-state index in [0.717, 1.165) is 11.1 Å². The summed E-state index contributed by atoms with van der Waals surface area (Å²) >= 11 is 0. The molecule has 0 aliphatic rings. The number of oxazole rings is 1. The molecule has 0 aliphatic heterocycles. The molecule has 4 rings (SSSR count). The number of fused-ring (bicyclic) bond motifs is 1. The van der Waals surface area contributed by atoms with E-state index in [9.17, 15) is 4.79 Å². The van der Waals surface area contributed by atoms with E-state index >= 15 is 0 Å². The van der Waals surface area contributed by atoms with Crippen LogP contribution < -0.4 is 15.4 Å². The van der Waals surface area contributed by atoms with E-state index in [2.05, 4.69) is 15.6 Å². The van der Waals surface area contributed by atoms with Crippen molar-refractivity contribution in [1.29, 1.82) is 0 Å². The maximum atomic E-state index is 12.2. The first kappa shape index (κ1) is 16.7. The van der Waals surface area contributed by atoms with Crippen LogP contribution >= 0.6 is 0 Å². The lowest BCUT2D eigenvalue weighted by atomic mass is 10.2. The summed E-state index contributed by atoms with van der Waals surface area (Å²) in [6.07, 6.45) is 1.56. The zero-order valence-corrected chi connectivity index (χ0v) is 14.6. The van der Waals surface area contributed by atoms with Crippen LogP contribution in [0.4, 0.5) is 10.5 Å². The number of aromatic nitrogens is 1. The molecule has 0 radical (unpaired) electrons. The van der Waals surface area contributed by atoms with Crippen molar-refractivity contribution in [2.24, 2.45) is 0 Å². The van der Waals surface area contributed by atoms with E-state index < -0.39 is 0 Å². The predicted molar refractivity (Wildman–Crippen MR) is 101 cm³/mol. The zero-order valence-electron chi connectivity index (χ0n) is 14.6. The van der Waals surface area contributed by atoms with E-state index in [4.69, 9.17) is 13.6 Å². The SMILES string of the molecule is COc1ccc(-c2nc3ccccc3o2)cc1NC(=O)NCc1ccco1. The summed E-state index contributed by atoms with van der Waals surface area (Å²) in [5, 5.41) is 5.51. The third kappa shape index (κ3) is 3.62. The summed E-state index contributed by atoms with van der Waals surface area (Å²) in [4.78, 5) is 16.7. The molecular formula is C20H17N3O4. The first-order valence-corrected chi connectivity index (χ1v) is 8.34. The van der Waals surface area contributed by atoms with Gasteiger partial charge in [-0.25, -0.2) is 9.78 Å². The number of benzene rings is 2. The molecule has 0 bridgehead atoms. The normalized spacial score (nSPS) is 10.7. The van der Waals surface area contributed by atoms with E-state index in [-0.39, 0.29) is 12.6 Å². The van der Waals surface area contributed by atoms with Crippen LogP contribution in [-0.2, 0) is 6.54 Å². The molecule has 0 aliphatic carbocycles. The highest BCUT2D eigenvalue weighted by molar-refractivity contribution is 5.92. The van der Waals surface area contributed by atoms with Crippen molar-refractivity contribution in [2.45, 2.75) is 6.54 Å². The van der Waals surface area contributed by atoms with Crippen molar-refractivity contribution >= 4 is 22.8 Å². The molecular weight excluding hydrogens is 346 g/mol. The number of methoxy groups -OCH3 is 1. The molecule has 2 N–H and O–H groups in total. The summed E-state index contributed by atoms with van der Waals surface area (Å²) in [6, 6.07) is 16.1. The molecule has 0 saturated carbocycles. The minimum Gasteiger partial charge on any atom is -0.495 e. The molecule has 0 fully saturated rings. The number of carbonyl (C=O) groups is 1. The second-order valence-electron chi connectivity index (χ2n) is 5.79. The summed E-state index contributed by atoms with van der Waals surface area (Å²) in [5.41, 5.74) is 2.71. The lowest BCUT2D eigenvalue weighted by Crippen LogP contribution is -2.28. The Morgan fingerprint density at radius 2 is 2.04 bits per heavy atom. The van der Waals surface area contributed by atoms with Crippen LogP contribution in [0.3, 0.4) is 0 Å². The number of rotatable bonds is 5. The summed E-state index contributed by atoms with van der Waals surface area (Å²) in [5.74, 6) is 1.67. The van der Waals surface area contributed by atoms with Gasteiger partial charge in [-0.2, -0.15) is 0 Å². The van der Waals surface area contributed by atoms with Crippen LogP contribution in [0.5, 0.6) is 5.75 Å². The molecule has 2 aromatic heterocycles. The van der Waals surface area contributed by atoms with Gasteiger partial charge in [0, 0.05) is 5.56 Å². The monoisotopic (exact) mass is 363 g/mol. The minimum absolute atomic E-state index is 0.284. The average Bonchev–Trinajstić information content (AvgIpc) is 3.35. The third-order valence-corrected chi connectivity index (χ3v) is 3.99. The number of nitrogens with one attached hydrogen (secondary N) is 2. The summed E-state index contributed by atoms with van der Waals surface area (Å²) < 4.78 is 16.3. The highest BCUT2D eigenvalue weighted by Gasteiger charge is 2.13. The van der Waals surface area contributed by atoms with Gasteiger partial charge in [0.05, 0.1) is 25.6 Å². The molecule has 27 heavy (non-hydrogen) atoms. The van der Waals surface area contributed by atoms with Crippen molar-refractivity contribution < 1.29 is 18.4 Å². The van der Waals surface area contributed by atoms with Crippen LogP contribution in [0.15, 0.2) is 69.7 Å². The maximum absolute atomic E-state index is 12.2. The zero-order chi connectivity index (χ0) is 18.6. The number of hydrogen-bond acceptors (Lipinski definition) is 5. The molecule has 0 saturated heterocycles. The number of hydrogen-bond donors (Lipinski definition) is 2. The molecule has 0 spiro atoms. The van der Waals surface area contributed by atoms with Crippen molar-refractivity contribution in [1.82, 2.24) is 10.3 Å². The van der Waals surface area contributed by atoms with Gasteiger partial charge in [-0.15, -0.1) is 0 Å². The minimum atomic E-state index is -0.376. The highest BCUT2D eigenvalue weighted by Crippen LogP contribution is 2.31. The molecule has 7 heteroatoms. The Hall–Kier alpha value is -3.74. The molecule has 4 aromatic rings. The fourth-order valence-corrected chi connectivity index (χ4v) is 2.68. The fraction of sp³-hybridized carbons (Fsp3) is 0.100. The van der Waals surface area contributed by atoms with Gasteiger partial charge >= 0.3 is 6.03 Å². The van der Waals surface area contributed by atoms with Crippen LogP contribution in [-0.4, -0.2) is 18.1 Å². The lowest BCUT2D eigenvalue weighted by molar-refractivity contribution is 0.250. The second-order valence-corrected chi connectivity index (χ2v) is 5.79. The number of urea groups is 1. The lowest BCUT2D eigenvalue weighted by Gasteiger charge is -2.11. The van der Waals surface area contributed by atoms with E-state index in [1.165, 1.54) is 0 Å². The Morgan fingerprint density at radius 1 is 1.15 bits per heavy atom. The Balaban J connectivity index is 1.56. The largest absolute Gasteiger partial charge is 0.495 e. The Bertz CT molecular complexity index is 1040. The van der Waals surface area contributed by atoms with Gasteiger partial charge in [0.1, 0.15) is 17.0 Å². The van der Waals surface area contributed by atoms with Crippen LogP contribution in [0.1, 0.15) is 5.76 Å². The van der Waals surface area contributed by atoms with Crippen molar-refractivity contribution in [3.63, 3.8) is 0 Å². The van der Waals surface area contributed by atoms with Gasteiger partial charge in [0.2, 0.25) is 5.89 Å². The molecule has 2 aromatic carbocycles. The average molecular weight is 363 g/mol. The summed E-state index contributed by atoms with van der Waals surface area (Å²) in [6.45, 7) is 0.284. The van der Waals surface area contributed by atoms with E-state index in [1.807, 2.05) is 30.3 Å². The van der Waals surface area contributed by atoms with Crippen molar-refractivity contribution in [3.05, 3.63) is 66.6 Å². The smallest absolute Gasteiger partial charge is 0.319 e. The number of para-hydroxylation sites is 2. The highest BCUT2D eigenvalue weighted by atomic mass is 16.5. The van der Waals surface area contributed by atoms with Gasteiger partial charge in [-0.1, -0.05) is 12.1 Å². The number of nitrogens with zero attached hydrogens (tertiary/aromatic N) is 1. The topological polar surface area (TPSA) is 89.5 Å². The molecule has 136 valence electrons. The third-order valence-electron chi connectivity index (χ3n) is 3.99. The number of furan rings is 1. The second kappa shape index (κ2) is 7.25. The first-order chi connectivity index (χ1) is 13.2. The first-order valence-electron chi connectivity index (χ1n) is 8.34. The number of anilines is 1. The Kier molecular flexibility index (Phi) is 4.49. The fourth-order valence-electron chi connectivity index (χ4n) is 2.68. The van der Waals surface area contributed by atoms with Crippen LogP contribution in [0, 0.1) is 0 Å². The summed E-state index contributed by atoms with van der Waals surface area (Å²) in [7, 11) is 1.54. The molecule has 0 unspecified atom stereocenters. The Labute approximate surface area is 155 Å². The Morgan fingerprint density at radius 3 is 2.81 bits per heavy atom. The van der Waals surface area contributed by atoms with Crippen LogP contribution in [0.2, 0.25) is 0 Å². The van der Waals surface area contributed by atoms with Gasteiger partial charge < -0.3 is 24.2 Å². The standard InChI is InChI=1S/C20H17N3O4/c1-25-17-9-8-13(19-22-15-6-2-3-7-18(15)27-19)11-16(17)23-20(24)21-12-14-5-4-10-26-14/h2-11H,12H2,1H3,(H2,21,23,24). The van der Waals surface area contributed by atoms with Crippen LogP contribution in [0.25, 0.3) is 22.6 Å².